The lowest BCUT2D eigenvalue weighted by Crippen LogP contribution is -2.32. The Balaban J connectivity index is 2.60. The second-order valence-electron chi connectivity index (χ2n) is 4.11. The van der Waals surface area contributed by atoms with Crippen molar-refractivity contribution in [3.63, 3.8) is 0 Å². The third kappa shape index (κ3) is 4.66. The van der Waals surface area contributed by atoms with E-state index in [4.69, 9.17) is 5.73 Å². The van der Waals surface area contributed by atoms with E-state index in [-0.39, 0.29) is 17.8 Å². The first kappa shape index (κ1) is 15.0. The van der Waals surface area contributed by atoms with Gasteiger partial charge in [0.25, 0.3) is 0 Å². The Kier molecular flexibility index (Phi) is 6.15. The molecule has 0 aliphatic carbocycles. The molecule has 1 amide bonds. The molecule has 1 unspecified atom stereocenters. The molecule has 100 valence electrons. The van der Waals surface area contributed by atoms with Gasteiger partial charge in [-0.3, -0.25) is 4.79 Å². The summed E-state index contributed by atoms with van der Waals surface area (Å²) in [6, 6.07) is 6.05. The van der Waals surface area contributed by atoms with E-state index in [0.717, 1.165) is 11.4 Å². The fourth-order valence-electron chi connectivity index (χ4n) is 1.53. The largest absolute Gasteiger partial charge is 0.327 e. The van der Waals surface area contributed by atoms with E-state index < -0.39 is 0 Å². The maximum atomic E-state index is 12.8. The first-order valence-electron chi connectivity index (χ1n) is 5.93. The second-order valence-corrected chi connectivity index (χ2v) is 5.14. The zero-order valence-corrected chi connectivity index (χ0v) is 11.5. The summed E-state index contributed by atoms with van der Waals surface area (Å²) in [5, 5.41) is 0. The van der Waals surface area contributed by atoms with Crippen molar-refractivity contribution in [2.24, 2.45) is 5.73 Å². The van der Waals surface area contributed by atoms with Gasteiger partial charge >= 0.3 is 0 Å². The van der Waals surface area contributed by atoms with Gasteiger partial charge in [0.1, 0.15) is 5.82 Å². The molecule has 0 bridgehead atoms. The Labute approximate surface area is 112 Å². The second kappa shape index (κ2) is 7.38. The van der Waals surface area contributed by atoms with E-state index in [9.17, 15) is 9.18 Å². The molecule has 0 fully saturated rings. The summed E-state index contributed by atoms with van der Waals surface area (Å²) in [7, 11) is 0. The molecule has 0 radical (unpaired) electrons. The van der Waals surface area contributed by atoms with Crippen LogP contribution in [0.1, 0.15) is 13.8 Å². The molecular formula is C13H19FN2OS. The Bertz CT molecular complexity index is 381. The summed E-state index contributed by atoms with van der Waals surface area (Å²) in [6.07, 6.45) is 0. The molecule has 2 N–H and O–H groups in total. The first-order valence-corrected chi connectivity index (χ1v) is 7.09. The van der Waals surface area contributed by atoms with Crippen LogP contribution in [0.4, 0.5) is 10.1 Å². The highest BCUT2D eigenvalue weighted by atomic mass is 32.2. The van der Waals surface area contributed by atoms with E-state index in [2.05, 4.69) is 0 Å². The van der Waals surface area contributed by atoms with Gasteiger partial charge in [-0.1, -0.05) is 0 Å². The number of anilines is 1. The Morgan fingerprint density at radius 3 is 2.56 bits per heavy atom. The summed E-state index contributed by atoms with van der Waals surface area (Å²) in [6.45, 7) is 4.38. The zero-order valence-electron chi connectivity index (χ0n) is 10.7. The Morgan fingerprint density at radius 1 is 1.44 bits per heavy atom. The van der Waals surface area contributed by atoms with Gasteiger partial charge in [-0.05, 0) is 38.1 Å². The average Bonchev–Trinajstić information content (AvgIpc) is 2.32. The quantitative estimate of drug-likeness (QED) is 0.862. The van der Waals surface area contributed by atoms with E-state index in [1.54, 1.807) is 17.0 Å². The molecule has 0 heterocycles. The lowest BCUT2D eigenvalue weighted by molar-refractivity contribution is -0.116. The summed E-state index contributed by atoms with van der Waals surface area (Å²) in [4.78, 5) is 13.7. The van der Waals surface area contributed by atoms with Crippen LogP contribution in [0.25, 0.3) is 0 Å². The number of hydrogen-bond donors (Lipinski definition) is 1. The maximum absolute atomic E-state index is 12.8. The number of nitrogens with zero attached hydrogens (tertiary/aromatic N) is 1. The number of amides is 1. The smallest absolute Gasteiger partial charge is 0.236 e. The van der Waals surface area contributed by atoms with Crippen molar-refractivity contribution >= 4 is 23.4 Å². The molecule has 5 heteroatoms. The normalized spacial score (nSPS) is 12.2. The van der Waals surface area contributed by atoms with Gasteiger partial charge in [0.05, 0.1) is 5.75 Å². The van der Waals surface area contributed by atoms with E-state index >= 15 is 0 Å². The number of carbonyl (C=O) groups excluding carboxylic acids is 1. The fourth-order valence-corrected chi connectivity index (χ4v) is 2.35. The number of nitrogens with two attached hydrogens (primary N) is 1. The highest BCUT2D eigenvalue weighted by Crippen LogP contribution is 2.16. The lowest BCUT2D eigenvalue weighted by atomic mass is 10.3. The standard InChI is InChI=1S/C13H19FN2OS/c1-3-16(12-6-4-11(14)5-7-12)13(17)9-18-8-10(2)15/h4-7,10H,3,8-9,15H2,1-2H3. The summed E-state index contributed by atoms with van der Waals surface area (Å²) >= 11 is 1.52. The third-order valence-corrected chi connectivity index (χ3v) is 3.57. The van der Waals surface area contributed by atoms with E-state index in [1.165, 1.54) is 23.9 Å². The molecule has 1 aromatic rings. The molecule has 0 saturated carbocycles. The van der Waals surface area contributed by atoms with Crippen LogP contribution in [0.3, 0.4) is 0 Å². The zero-order chi connectivity index (χ0) is 13.5. The highest BCUT2D eigenvalue weighted by molar-refractivity contribution is 8.00. The Hall–Kier alpha value is -1.07. The van der Waals surface area contributed by atoms with Gasteiger partial charge in [0, 0.05) is 24.0 Å². The van der Waals surface area contributed by atoms with Gasteiger partial charge < -0.3 is 10.6 Å². The number of hydrogen-bond acceptors (Lipinski definition) is 3. The minimum atomic E-state index is -0.298. The molecule has 0 aliphatic rings. The van der Waals surface area contributed by atoms with Crippen LogP contribution in [0.15, 0.2) is 24.3 Å². The minimum absolute atomic E-state index is 0.0229. The number of rotatable bonds is 6. The molecule has 1 rings (SSSR count). The van der Waals surface area contributed by atoms with Crippen LogP contribution in [0.2, 0.25) is 0 Å². The van der Waals surface area contributed by atoms with Crippen LogP contribution in [-0.2, 0) is 4.79 Å². The summed E-state index contributed by atoms with van der Waals surface area (Å²) in [5.74, 6) is 0.878. The SMILES string of the molecule is CCN(C(=O)CSCC(C)N)c1ccc(F)cc1. The number of thioether (sulfide) groups is 1. The minimum Gasteiger partial charge on any atom is -0.327 e. The van der Waals surface area contributed by atoms with Crippen molar-refractivity contribution in [2.75, 3.05) is 23.0 Å². The van der Waals surface area contributed by atoms with Crippen molar-refractivity contribution in [2.45, 2.75) is 19.9 Å². The van der Waals surface area contributed by atoms with Gasteiger partial charge in [-0.2, -0.15) is 11.8 Å². The van der Waals surface area contributed by atoms with Crippen molar-refractivity contribution < 1.29 is 9.18 Å². The third-order valence-electron chi connectivity index (χ3n) is 2.36. The lowest BCUT2D eigenvalue weighted by Gasteiger charge is -2.21. The van der Waals surface area contributed by atoms with Crippen LogP contribution in [-0.4, -0.2) is 30.0 Å². The highest BCUT2D eigenvalue weighted by Gasteiger charge is 2.13. The van der Waals surface area contributed by atoms with Gasteiger partial charge in [-0.25, -0.2) is 4.39 Å². The topological polar surface area (TPSA) is 46.3 Å². The predicted octanol–water partition coefficient (Wildman–Crippen LogP) is 2.26. The van der Waals surface area contributed by atoms with Crippen molar-refractivity contribution in [1.82, 2.24) is 0 Å². The first-order chi connectivity index (χ1) is 8.54. The van der Waals surface area contributed by atoms with Crippen LogP contribution in [0.5, 0.6) is 0 Å². The number of benzene rings is 1. The van der Waals surface area contributed by atoms with Crippen molar-refractivity contribution in [3.05, 3.63) is 30.1 Å². The molecule has 0 spiro atoms. The van der Waals surface area contributed by atoms with Gasteiger partial charge in [0.2, 0.25) is 5.91 Å². The molecule has 18 heavy (non-hydrogen) atoms. The van der Waals surface area contributed by atoms with Crippen LogP contribution in [0, 0.1) is 5.82 Å². The van der Waals surface area contributed by atoms with Crippen LogP contribution < -0.4 is 10.6 Å². The molecule has 0 saturated heterocycles. The monoisotopic (exact) mass is 270 g/mol. The molecule has 3 nitrogen and oxygen atoms in total. The van der Waals surface area contributed by atoms with Crippen molar-refractivity contribution in [3.8, 4) is 0 Å². The molecule has 0 aromatic heterocycles. The fraction of sp³-hybridized carbons (Fsp3) is 0.462. The van der Waals surface area contributed by atoms with E-state index in [0.29, 0.717) is 12.3 Å². The number of halogens is 1. The molecule has 0 aliphatic heterocycles. The number of carbonyl (C=O) groups is 1. The van der Waals surface area contributed by atoms with E-state index in [1.807, 2.05) is 13.8 Å². The summed E-state index contributed by atoms with van der Waals surface area (Å²) < 4.78 is 12.8. The van der Waals surface area contributed by atoms with Crippen LogP contribution >= 0.6 is 11.8 Å². The predicted molar refractivity (Wildman–Crippen MR) is 75.4 cm³/mol. The van der Waals surface area contributed by atoms with Gasteiger partial charge in [-0.15, -0.1) is 0 Å². The van der Waals surface area contributed by atoms with Crippen molar-refractivity contribution in [1.29, 1.82) is 0 Å². The molecular weight excluding hydrogens is 251 g/mol. The Morgan fingerprint density at radius 2 is 2.06 bits per heavy atom. The molecule has 1 atom stereocenters. The molecule has 1 aromatic carbocycles. The summed E-state index contributed by atoms with van der Waals surface area (Å²) in [5.41, 5.74) is 6.35. The average molecular weight is 270 g/mol. The maximum Gasteiger partial charge on any atom is 0.236 e. The van der Waals surface area contributed by atoms with Gasteiger partial charge in [0.15, 0.2) is 0 Å².